The molecule has 7 heteroatoms. The highest BCUT2D eigenvalue weighted by Crippen LogP contribution is 2.41. The maximum Gasteiger partial charge on any atom is 0.196 e. The van der Waals surface area contributed by atoms with Crippen LogP contribution in [0.4, 0.5) is 0 Å². The first-order valence-corrected chi connectivity index (χ1v) is 9.92. The Labute approximate surface area is 165 Å². The van der Waals surface area contributed by atoms with Crippen LogP contribution in [-0.2, 0) is 5.75 Å². The summed E-state index contributed by atoms with van der Waals surface area (Å²) in [5.41, 5.74) is 2.65. The molecule has 0 aliphatic heterocycles. The summed E-state index contributed by atoms with van der Waals surface area (Å²) < 4.78 is 2.07. The fourth-order valence-electron chi connectivity index (χ4n) is 2.73. The molecule has 0 spiro atoms. The number of thioether (sulfide) groups is 1. The quantitative estimate of drug-likeness (QED) is 0.521. The average Bonchev–Trinajstić information content (AvgIpc) is 3.42. The number of rotatable bonds is 5. The molecule has 2 aromatic carbocycles. The van der Waals surface area contributed by atoms with Gasteiger partial charge in [-0.15, -0.1) is 10.2 Å². The second kappa shape index (κ2) is 7.32. The predicted molar refractivity (Wildman–Crippen MR) is 104 cm³/mol. The molecule has 1 aliphatic carbocycles. The van der Waals surface area contributed by atoms with Gasteiger partial charge in [0.15, 0.2) is 5.16 Å². The van der Waals surface area contributed by atoms with Crippen LogP contribution < -0.4 is 0 Å². The monoisotopic (exact) mass is 400 g/mol. The van der Waals surface area contributed by atoms with Crippen LogP contribution in [0, 0.1) is 11.3 Å². The van der Waals surface area contributed by atoms with Gasteiger partial charge in [-0.2, -0.15) is 5.26 Å². The zero-order valence-electron chi connectivity index (χ0n) is 13.7. The molecule has 26 heavy (non-hydrogen) atoms. The van der Waals surface area contributed by atoms with Gasteiger partial charge < -0.3 is 0 Å². The van der Waals surface area contributed by atoms with E-state index in [-0.39, 0.29) is 0 Å². The van der Waals surface area contributed by atoms with Crippen molar-refractivity contribution in [1.29, 1.82) is 5.26 Å². The molecule has 0 radical (unpaired) electrons. The lowest BCUT2D eigenvalue weighted by Gasteiger charge is -2.11. The number of halogens is 2. The van der Waals surface area contributed by atoms with E-state index < -0.39 is 0 Å². The summed E-state index contributed by atoms with van der Waals surface area (Å²) >= 11 is 13.9. The lowest BCUT2D eigenvalue weighted by Crippen LogP contribution is -2.02. The number of aromatic nitrogens is 3. The molecule has 1 aromatic heterocycles. The molecular weight excluding hydrogens is 387 g/mol. The molecule has 4 nitrogen and oxygen atoms in total. The molecule has 0 N–H and O–H groups in total. The van der Waals surface area contributed by atoms with E-state index in [1.807, 2.05) is 30.3 Å². The van der Waals surface area contributed by atoms with Crippen molar-refractivity contribution < 1.29 is 0 Å². The van der Waals surface area contributed by atoms with Crippen molar-refractivity contribution in [1.82, 2.24) is 14.8 Å². The summed E-state index contributed by atoms with van der Waals surface area (Å²) in [7, 11) is 0. The first kappa shape index (κ1) is 17.4. The third-order valence-corrected chi connectivity index (χ3v) is 5.93. The van der Waals surface area contributed by atoms with Crippen molar-refractivity contribution in [3.8, 4) is 11.8 Å². The first-order valence-electron chi connectivity index (χ1n) is 8.18. The van der Waals surface area contributed by atoms with Crippen LogP contribution in [0.5, 0.6) is 0 Å². The molecule has 1 heterocycles. The topological polar surface area (TPSA) is 54.5 Å². The van der Waals surface area contributed by atoms with Crippen molar-refractivity contribution in [2.24, 2.45) is 0 Å². The highest BCUT2D eigenvalue weighted by atomic mass is 35.5. The van der Waals surface area contributed by atoms with Crippen LogP contribution in [0.3, 0.4) is 0 Å². The first-order chi connectivity index (χ1) is 12.7. The standard InChI is InChI=1S/C19H14Cl2N4S/c20-16-7-6-15(9-17(16)21)25-18(14-4-5-14)23-24-19(25)26-11-13-3-1-2-12(8-13)10-22/h1-3,6-9,14H,4-5,11H2. The predicted octanol–water partition coefficient (Wildman–Crippen LogP) is 5.62. The van der Waals surface area contributed by atoms with Crippen molar-refractivity contribution in [2.45, 2.75) is 29.7 Å². The van der Waals surface area contributed by atoms with Gasteiger partial charge in [-0.1, -0.05) is 47.1 Å². The zero-order valence-corrected chi connectivity index (χ0v) is 16.0. The number of benzene rings is 2. The molecule has 1 fully saturated rings. The molecule has 3 aromatic rings. The second-order valence-electron chi connectivity index (χ2n) is 6.15. The Morgan fingerprint density at radius 3 is 2.69 bits per heavy atom. The maximum absolute atomic E-state index is 9.05. The van der Waals surface area contributed by atoms with E-state index >= 15 is 0 Å². The normalized spacial score (nSPS) is 13.6. The maximum atomic E-state index is 9.05. The van der Waals surface area contributed by atoms with Gasteiger partial charge in [-0.25, -0.2) is 0 Å². The summed E-state index contributed by atoms with van der Waals surface area (Å²) in [6, 6.07) is 15.4. The lowest BCUT2D eigenvalue weighted by atomic mass is 10.2. The fourth-order valence-corrected chi connectivity index (χ4v) is 3.92. The minimum Gasteiger partial charge on any atom is -0.274 e. The Bertz CT molecular complexity index is 1010. The van der Waals surface area contributed by atoms with Gasteiger partial charge in [0.25, 0.3) is 0 Å². The Morgan fingerprint density at radius 2 is 1.96 bits per heavy atom. The van der Waals surface area contributed by atoms with Crippen molar-refractivity contribution >= 4 is 35.0 Å². The van der Waals surface area contributed by atoms with E-state index in [1.165, 1.54) is 0 Å². The zero-order chi connectivity index (χ0) is 18.1. The molecule has 0 saturated heterocycles. The van der Waals surface area contributed by atoms with Crippen molar-refractivity contribution in [3.05, 3.63) is 69.5 Å². The smallest absolute Gasteiger partial charge is 0.196 e. The number of nitrogens with zero attached hydrogens (tertiary/aromatic N) is 4. The van der Waals surface area contributed by atoms with Crippen molar-refractivity contribution in [3.63, 3.8) is 0 Å². The highest BCUT2D eigenvalue weighted by molar-refractivity contribution is 7.98. The number of nitriles is 1. The molecule has 1 saturated carbocycles. The van der Waals surface area contributed by atoms with Gasteiger partial charge in [-0.3, -0.25) is 4.57 Å². The summed E-state index contributed by atoms with van der Waals surface area (Å²) in [5.74, 6) is 2.13. The van der Waals surface area contributed by atoms with Gasteiger partial charge in [0.1, 0.15) is 5.82 Å². The minimum atomic E-state index is 0.452. The summed E-state index contributed by atoms with van der Waals surface area (Å²) in [6.07, 6.45) is 2.27. The van der Waals surface area contributed by atoms with E-state index in [2.05, 4.69) is 20.8 Å². The van der Waals surface area contributed by atoms with Crippen molar-refractivity contribution in [2.75, 3.05) is 0 Å². The second-order valence-corrected chi connectivity index (χ2v) is 7.91. The molecule has 1 aliphatic rings. The average molecular weight is 401 g/mol. The van der Waals surface area contributed by atoms with E-state index in [9.17, 15) is 0 Å². The minimum absolute atomic E-state index is 0.452. The van der Waals surface area contributed by atoms with Crippen LogP contribution in [-0.4, -0.2) is 14.8 Å². The molecular formula is C19H14Cl2N4S. The molecule has 0 amide bonds. The number of hydrogen-bond acceptors (Lipinski definition) is 4. The van der Waals surface area contributed by atoms with E-state index in [1.54, 1.807) is 23.9 Å². The van der Waals surface area contributed by atoms with Crippen LogP contribution in [0.25, 0.3) is 5.69 Å². The van der Waals surface area contributed by atoms with Crippen LogP contribution in [0.2, 0.25) is 10.0 Å². The lowest BCUT2D eigenvalue weighted by molar-refractivity contribution is 0.829. The van der Waals surface area contributed by atoms with Gasteiger partial charge in [-0.05, 0) is 48.7 Å². The Balaban J connectivity index is 1.66. The van der Waals surface area contributed by atoms with Crippen LogP contribution in [0.15, 0.2) is 47.6 Å². The SMILES string of the molecule is N#Cc1cccc(CSc2nnc(C3CC3)n2-c2ccc(Cl)c(Cl)c2)c1. The van der Waals surface area contributed by atoms with Gasteiger partial charge in [0.2, 0.25) is 0 Å². The van der Waals surface area contributed by atoms with Crippen LogP contribution >= 0.6 is 35.0 Å². The Morgan fingerprint density at radius 1 is 1.12 bits per heavy atom. The summed E-state index contributed by atoms with van der Waals surface area (Å²) in [6.45, 7) is 0. The van der Waals surface area contributed by atoms with E-state index in [4.69, 9.17) is 28.5 Å². The van der Waals surface area contributed by atoms with Gasteiger partial charge >= 0.3 is 0 Å². The molecule has 0 unspecified atom stereocenters. The summed E-state index contributed by atoms with van der Waals surface area (Å²) in [4.78, 5) is 0. The Kier molecular flexibility index (Phi) is 4.90. The number of hydrogen-bond donors (Lipinski definition) is 0. The van der Waals surface area contributed by atoms with Gasteiger partial charge in [0, 0.05) is 11.7 Å². The Hall–Kier alpha value is -2.00. The van der Waals surface area contributed by atoms with Gasteiger partial charge in [0.05, 0.1) is 27.4 Å². The fraction of sp³-hybridized carbons (Fsp3) is 0.211. The van der Waals surface area contributed by atoms with Crippen LogP contribution in [0.1, 0.15) is 35.7 Å². The molecule has 4 rings (SSSR count). The van der Waals surface area contributed by atoms with E-state index in [0.29, 0.717) is 27.3 Å². The van der Waals surface area contributed by atoms with E-state index in [0.717, 1.165) is 35.1 Å². The third kappa shape index (κ3) is 3.59. The molecule has 130 valence electrons. The largest absolute Gasteiger partial charge is 0.274 e. The highest BCUT2D eigenvalue weighted by Gasteiger charge is 2.31. The summed E-state index contributed by atoms with van der Waals surface area (Å²) in [5, 5.41) is 19.7. The third-order valence-electron chi connectivity index (χ3n) is 4.19. The molecule has 0 bridgehead atoms. The molecule has 0 atom stereocenters.